The SMILES string of the molecule is CC(C)C[C@H](NC(=O)c1cc(CN2CCOCC2)on1)C(=O)N[C@@H](Cc1cscn1)C(=O)N[C@@H](CC(C)C)C(=O)[C@@]1(C)CO1. The van der Waals surface area contributed by atoms with Crippen LogP contribution in [-0.2, 0) is 36.8 Å². The first kappa shape index (κ1) is 33.7. The van der Waals surface area contributed by atoms with Gasteiger partial charge >= 0.3 is 0 Å². The summed E-state index contributed by atoms with van der Waals surface area (Å²) in [5, 5.41) is 14.2. The van der Waals surface area contributed by atoms with Crippen LogP contribution in [0.1, 0.15) is 69.4 Å². The molecule has 0 radical (unpaired) electrons. The number of ether oxygens (including phenoxy) is 2. The van der Waals surface area contributed by atoms with Crippen molar-refractivity contribution in [3.63, 3.8) is 0 Å². The van der Waals surface area contributed by atoms with E-state index in [1.54, 1.807) is 23.9 Å². The Morgan fingerprint density at radius 2 is 1.61 bits per heavy atom. The minimum absolute atomic E-state index is 0.0541. The molecule has 3 amide bonds. The first-order valence-electron chi connectivity index (χ1n) is 15.2. The van der Waals surface area contributed by atoms with Crippen LogP contribution in [0.3, 0.4) is 0 Å². The second-order valence-electron chi connectivity index (χ2n) is 12.5. The second-order valence-corrected chi connectivity index (χ2v) is 13.3. The van der Waals surface area contributed by atoms with Crippen molar-refractivity contribution in [1.82, 2.24) is 31.0 Å². The summed E-state index contributed by atoms with van der Waals surface area (Å²) in [5.74, 6) is -1.05. The number of ketones is 1. The van der Waals surface area contributed by atoms with Crippen molar-refractivity contribution in [1.29, 1.82) is 0 Å². The summed E-state index contributed by atoms with van der Waals surface area (Å²) in [4.78, 5) is 60.0. The van der Waals surface area contributed by atoms with Crippen molar-refractivity contribution in [2.24, 2.45) is 11.8 Å². The molecular formula is C30H44N6O7S. The number of hydrogen-bond donors (Lipinski definition) is 3. The first-order valence-corrected chi connectivity index (χ1v) is 16.1. The molecule has 13 nitrogen and oxygen atoms in total. The molecule has 14 heteroatoms. The van der Waals surface area contributed by atoms with E-state index in [1.165, 1.54) is 11.3 Å². The van der Waals surface area contributed by atoms with E-state index in [1.807, 2.05) is 27.7 Å². The van der Waals surface area contributed by atoms with Crippen LogP contribution in [0.4, 0.5) is 0 Å². The lowest BCUT2D eigenvalue weighted by Gasteiger charge is -2.26. The van der Waals surface area contributed by atoms with E-state index in [2.05, 4.69) is 31.0 Å². The second kappa shape index (κ2) is 15.2. The predicted octanol–water partition coefficient (Wildman–Crippen LogP) is 1.72. The molecule has 2 aliphatic heterocycles. The van der Waals surface area contributed by atoms with E-state index in [4.69, 9.17) is 14.0 Å². The smallest absolute Gasteiger partial charge is 0.274 e. The van der Waals surface area contributed by atoms with Crippen LogP contribution in [0, 0.1) is 11.8 Å². The molecule has 4 heterocycles. The lowest BCUT2D eigenvalue weighted by Crippen LogP contribution is -2.57. The summed E-state index contributed by atoms with van der Waals surface area (Å²) >= 11 is 1.38. The van der Waals surface area contributed by atoms with Gasteiger partial charge in [0.1, 0.15) is 17.7 Å². The zero-order valence-electron chi connectivity index (χ0n) is 26.1. The number of Topliss-reactive ketones (excluding diaryl/α,β-unsaturated/α-hetero) is 1. The lowest BCUT2D eigenvalue weighted by molar-refractivity contribution is -0.133. The summed E-state index contributed by atoms with van der Waals surface area (Å²) in [6.45, 7) is 13.1. The summed E-state index contributed by atoms with van der Waals surface area (Å²) < 4.78 is 16.1. The third kappa shape index (κ3) is 9.65. The van der Waals surface area contributed by atoms with E-state index in [9.17, 15) is 19.2 Å². The van der Waals surface area contributed by atoms with Crippen LogP contribution in [0.25, 0.3) is 0 Å². The van der Waals surface area contributed by atoms with Crippen LogP contribution < -0.4 is 16.0 Å². The van der Waals surface area contributed by atoms with E-state index in [-0.39, 0.29) is 29.7 Å². The number of nitrogens with one attached hydrogen (secondary N) is 3. The number of carbonyl (C=O) groups is 4. The molecule has 0 bridgehead atoms. The van der Waals surface area contributed by atoms with Gasteiger partial charge in [0.15, 0.2) is 17.2 Å². The standard InChI is InChI=1S/C30H44N6O7S/c1-18(2)10-22(26(37)30(5)16-42-30)32-28(39)24(12-20-15-44-17-31-20)34-27(38)23(11-19(3)4)33-29(40)25-13-21(43-35-25)14-36-6-8-41-9-7-36/h13,15,17-19,22-24H,6-12,14,16H2,1-5H3,(H,32,39)(H,33,40)(H,34,38)/t22-,23-,24-,30+/m0/s1. The molecule has 0 aliphatic carbocycles. The van der Waals surface area contributed by atoms with Crippen LogP contribution >= 0.6 is 11.3 Å². The van der Waals surface area contributed by atoms with Gasteiger partial charge < -0.3 is 29.9 Å². The van der Waals surface area contributed by atoms with Gasteiger partial charge in [0.2, 0.25) is 11.8 Å². The maximum atomic E-state index is 13.7. The number of aromatic nitrogens is 2. The van der Waals surface area contributed by atoms with E-state index < -0.39 is 41.4 Å². The van der Waals surface area contributed by atoms with Crippen molar-refractivity contribution in [3.05, 3.63) is 34.1 Å². The van der Waals surface area contributed by atoms with Crippen LogP contribution in [0.2, 0.25) is 0 Å². The maximum Gasteiger partial charge on any atom is 0.274 e. The highest BCUT2D eigenvalue weighted by molar-refractivity contribution is 7.07. The molecule has 0 spiro atoms. The Kier molecular flexibility index (Phi) is 11.6. The number of carbonyl (C=O) groups excluding carboxylic acids is 4. The number of thiazole rings is 1. The zero-order chi connectivity index (χ0) is 31.9. The van der Waals surface area contributed by atoms with E-state index in [0.717, 1.165) is 13.1 Å². The van der Waals surface area contributed by atoms with Crippen molar-refractivity contribution < 1.29 is 33.2 Å². The predicted molar refractivity (Wildman–Crippen MR) is 162 cm³/mol. The van der Waals surface area contributed by atoms with E-state index in [0.29, 0.717) is 50.7 Å². The fourth-order valence-corrected chi connectivity index (χ4v) is 5.60. The first-order chi connectivity index (χ1) is 20.9. The summed E-state index contributed by atoms with van der Waals surface area (Å²) in [5.41, 5.74) is 1.43. The maximum absolute atomic E-state index is 13.7. The summed E-state index contributed by atoms with van der Waals surface area (Å²) in [6, 6.07) is -1.17. The molecule has 0 saturated carbocycles. The largest absolute Gasteiger partial charge is 0.379 e. The number of epoxide rings is 1. The minimum Gasteiger partial charge on any atom is -0.379 e. The third-order valence-corrected chi connectivity index (χ3v) is 8.21. The highest BCUT2D eigenvalue weighted by atomic mass is 32.1. The van der Waals surface area contributed by atoms with Crippen molar-refractivity contribution >= 4 is 34.8 Å². The quantitative estimate of drug-likeness (QED) is 0.232. The van der Waals surface area contributed by atoms with Gasteiger partial charge in [-0.05, 0) is 31.6 Å². The molecule has 2 fully saturated rings. The van der Waals surface area contributed by atoms with E-state index >= 15 is 0 Å². The molecule has 2 saturated heterocycles. The van der Waals surface area contributed by atoms with Crippen LogP contribution in [-0.4, -0.2) is 95.2 Å². The van der Waals surface area contributed by atoms with Gasteiger partial charge in [-0.15, -0.1) is 11.3 Å². The number of morpholine rings is 1. The van der Waals surface area contributed by atoms with Gasteiger partial charge in [-0.1, -0.05) is 32.9 Å². The summed E-state index contributed by atoms with van der Waals surface area (Å²) in [6.07, 6.45) is 0.872. The lowest BCUT2D eigenvalue weighted by atomic mass is 9.93. The highest BCUT2D eigenvalue weighted by Crippen LogP contribution is 2.29. The van der Waals surface area contributed by atoms with Crippen LogP contribution in [0.15, 0.2) is 21.5 Å². The molecule has 3 N–H and O–H groups in total. The van der Waals surface area contributed by atoms with Crippen molar-refractivity contribution in [2.75, 3.05) is 32.9 Å². The molecule has 44 heavy (non-hydrogen) atoms. The fourth-order valence-electron chi connectivity index (χ4n) is 5.03. The van der Waals surface area contributed by atoms with Gasteiger partial charge in [0.25, 0.3) is 5.91 Å². The highest BCUT2D eigenvalue weighted by Gasteiger charge is 2.50. The molecule has 0 aromatic carbocycles. The zero-order valence-corrected chi connectivity index (χ0v) is 26.9. The molecule has 0 unspecified atom stereocenters. The Bertz CT molecular complexity index is 1270. The topological polar surface area (TPSA) is 168 Å². The fraction of sp³-hybridized carbons (Fsp3) is 0.667. The molecule has 4 rings (SSSR count). The van der Waals surface area contributed by atoms with Crippen LogP contribution in [0.5, 0.6) is 0 Å². The average Bonchev–Trinajstić information content (AvgIpc) is 3.32. The molecule has 2 aromatic heterocycles. The third-order valence-electron chi connectivity index (χ3n) is 7.57. The van der Waals surface area contributed by atoms with Gasteiger partial charge in [0.05, 0.1) is 43.6 Å². The average molecular weight is 633 g/mol. The number of hydrogen-bond acceptors (Lipinski definition) is 11. The molecular weight excluding hydrogens is 588 g/mol. The monoisotopic (exact) mass is 632 g/mol. The Balaban J connectivity index is 1.45. The van der Waals surface area contributed by atoms with Crippen molar-refractivity contribution in [2.45, 2.75) is 84.2 Å². The number of amides is 3. The van der Waals surface area contributed by atoms with Crippen molar-refractivity contribution in [3.8, 4) is 0 Å². The van der Waals surface area contributed by atoms with Gasteiger partial charge in [0, 0.05) is 31.0 Å². The Hall–Kier alpha value is -3.20. The number of nitrogens with zero attached hydrogens (tertiary/aromatic N) is 3. The Labute approximate surface area is 261 Å². The number of rotatable bonds is 16. The van der Waals surface area contributed by atoms with Gasteiger partial charge in [-0.3, -0.25) is 24.1 Å². The summed E-state index contributed by atoms with van der Waals surface area (Å²) in [7, 11) is 0. The normalized spacial score (nSPS) is 20.6. The minimum atomic E-state index is -1.03. The van der Waals surface area contributed by atoms with Gasteiger partial charge in [-0.2, -0.15) is 0 Å². The molecule has 2 aromatic rings. The Morgan fingerprint density at radius 3 is 2.23 bits per heavy atom. The molecule has 242 valence electrons. The Morgan fingerprint density at radius 1 is 0.977 bits per heavy atom. The molecule has 2 aliphatic rings. The molecule has 4 atom stereocenters. The van der Waals surface area contributed by atoms with Gasteiger partial charge in [-0.25, -0.2) is 4.98 Å².